The van der Waals surface area contributed by atoms with Crippen LogP contribution in [-0.2, 0) is 4.74 Å². The van der Waals surface area contributed by atoms with Crippen molar-refractivity contribution < 1.29 is 11.0 Å². The molecule has 0 atom stereocenters. The first kappa shape index (κ1) is 7.79. The van der Waals surface area contributed by atoms with E-state index in [1.165, 1.54) is 7.11 Å². The van der Waals surface area contributed by atoms with Gasteiger partial charge < -0.3 is 6.16 Å². The Morgan fingerprint density at radius 1 is 1.36 bits per heavy atom. The molecule has 1 aromatic carbocycles. The van der Waals surface area contributed by atoms with Gasteiger partial charge in [0, 0.05) is 0 Å². The van der Waals surface area contributed by atoms with E-state index >= 15 is 0 Å². The summed E-state index contributed by atoms with van der Waals surface area (Å²) in [7, 11) is 1.38. The second kappa shape index (κ2) is 3.19. The minimum absolute atomic E-state index is 0. The summed E-state index contributed by atoms with van der Waals surface area (Å²) in [6, 6.07) is 7.26. The molecule has 0 radical (unpaired) electrons. The highest BCUT2D eigenvalue weighted by atomic mass is 16.5. The Hall–Kier alpha value is -1.31. The van der Waals surface area contributed by atoms with E-state index in [9.17, 15) is 4.79 Å². The van der Waals surface area contributed by atoms with Crippen molar-refractivity contribution in [3.05, 3.63) is 35.4 Å². The van der Waals surface area contributed by atoms with Gasteiger partial charge in [0.25, 0.3) is 0 Å². The lowest BCUT2D eigenvalue weighted by Gasteiger charge is -1.97. The molecule has 0 N–H and O–H groups in total. The van der Waals surface area contributed by atoms with Crippen molar-refractivity contribution >= 4 is 5.97 Å². The van der Waals surface area contributed by atoms with Crippen LogP contribution in [0, 0.1) is 6.92 Å². The van der Waals surface area contributed by atoms with E-state index < -0.39 is 0 Å². The van der Waals surface area contributed by atoms with Crippen LogP contribution in [0.5, 0.6) is 0 Å². The molecule has 0 saturated carbocycles. The van der Waals surface area contributed by atoms with E-state index in [1.54, 1.807) is 12.1 Å². The lowest BCUT2D eigenvalue weighted by Crippen LogP contribution is -2.00. The van der Waals surface area contributed by atoms with E-state index in [1.807, 2.05) is 19.1 Å². The van der Waals surface area contributed by atoms with Gasteiger partial charge in [-0.25, -0.2) is 4.79 Å². The molecule has 0 unspecified atom stereocenters. The summed E-state index contributed by atoms with van der Waals surface area (Å²) in [5.74, 6) is -0.287. The maximum absolute atomic E-state index is 10.9. The van der Waals surface area contributed by atoms with Crippen LogP contribution in [0.1, 0.15) is 17.3 Å². The lowest BCUT2D eigenvalue weighted by molar-refractivity contribution is 0.0601. The van der Waals surface area contributed by atoms with E-state index in [-0.39, 0.29) is 7.40 Å². The monoisotopic (exact) mass is 153 g/mol. The van der Waals surface area contributed by atoms with Crippen LogP contribution in [0.15, 0.2) is 24.3 Å². The summed E-state index contributed by atoms with van der Waals surface area (Å²) < 4.78 is 4.54. The van der Waals surface area contributed by atoms with E-state index in [0.717, 1.165) is 5.56 Å². The molecule has 0 aliphatic carbocycles. The summed E-state index contributed by atoms with van der Waals surface area (Å²) in [5, 5.41) is 0. The fourth-order valence-electron chi connectivity index (χ4n) is 0.807. The van der Waals surface area contributed by atoms with Crippen LogP contribution in [0.4, 0.5) is 0 Å². The van der Waals surface area contributed by atoms with E-state index in [2.05, 4.69) is 4.74 Å². The van der Waals surface area contributed by atoms with Crippen molar-refractivity contribution in [1.82, 2.24) is 0 Å². The van der Waals surface area contributed by atoms with Gasteiger partial charge in [-0.3, -0.25) is 0 Å². The minimum atomic E-state index is -0.287. The minimum Gasteiger partial charge on any atom is -1.00 e. The Morgan fingerprint density at radius 3 is 2.36 bits per heavy atom. The number of esters is 1. The molecule has 1 aromatic rings. The van der Waals surface area contributed by atoms with Crippen molar-refractivity contribution in [2.24, 2.45) is 0 Å². The summed E-state index contributed by atoms with van der Waals surface area (Å²) >= 11 is 0. The molecule has 0 heterocycles. The highest BCUT2D eigenvalue weighted by Gasteiger charge is 2.01. The molecule has 0 bridgehead atoms. The third kappa shape index (κ3) is 1.80. The number of rotatable bonds is 1. The zero-order valence-corrected chi connectivity index (χ0v) is 6.63. The number of hydrogen-bond donors (Lipinski definition) is 0. The first-order valence-electron chi connectivity index (χ1n) is 3.39. The van der Waals surface area contributed by atoms with Crippen LogP contribution < -0.4 is 0 Å². The average Bonchev–Trinajstić information content (AvgIpc) is 2.05. The molecule has 0 aliphatic heterocycles. The Bertz CT molecular complexity index is 254. The molecule has 0 amide bonds. The third-order valence-electron chi connectivity index (χ3n) is 1.47. The number of benzene rings is 1. The van der Waals surface area contributed by atoms with Crippen LogP contribution in [0.2, 0.25) is 0 Å². The van der Waals surface area contributed by atoms with Gasteiger partial charge in [0.05, 0.1) is 12.7 Å². The average molecular weight is 153 g/mol. The lowest BCUT2D eigenvalue weighted by atomic mass is 10.2. The molecule has 2 nitrogen and oxygen atoms in total. The Kier molecular flexibility index (Phi) is 2.26. The van der Waals surface area contributed by atoms with Crippen molar-refractivity contribution in [2.45, 2.75) is 6.92 Å². The Morgan fingerprint density at radius 2 is 1.91 bits per heavy atom. The second-order valence-corrected chi connectivity index (χ2v) is 2.36. The van der Waals surface area contributed by atoms with Gasteiger partial charge in [0.1, 0.15) is 0 Å². The quantitative estimate of drug-likeness (QED) is 0.576. The van der Waals surface area contributed by atoms with E-state index in [4.69, 9.17) is 0 Å². The molecule has 0 aromatic heterocycles. The maximum atomic E-state index is 10.9. The Balaban J connectivity index is 0.00000121. The normalized spacial score (nSPS) is 9.27. The smallest absolute Gasteiger partial charge is 0.337 e. The molecule has 0 saturated heterocycles. The van der Waals surface area contributed by atoms with Gasteiger partial charge in [0.15, 0.2) is 0 Å². The number of ether oxygens (including phenoxy) is 1. The zero-order chi connectivity index (χ0) is 8.27. The number of hydrogen-bond acceptors (Lipinski definition) is 2. The van der Waals surface area contributed by atoms with Gasteiger partial charge in [-0.2, -0.15) is 0 Å². The Labute approximate surface area is 67.3 Å². The highest BCUT2D eigenvalue weighted by molar-refractivity contribution is 5.89. The molecule has 2 heteroatoms. The SMILES string of the molecule is COC(=O)c1ccc(C)cc1.[3H-]. The molecular formula is C9H11O2-. The molecule has 0 fully saturated rings. The number of aryl methyl sites for hydroxylation is 1. The van der Waals surface area contributed by atoms with Gasteiger partial charge >= 0.3 is 5.97 Å². The van der Waals surface area contributed by atoms with Crippen LogP contribution in [0.25, 0.3) is 0 Å². The summed E-state index contributed by atoms with van der Waals surface area (Å²) in [6.07, 6.45) is 0. The highest BCUT2D eigenvalue weighted by Crippen LogP contribution is 2.03. The predicted octanol–water partition coefficient (Wildman–Crippen LogP) is 1.89. The van der Waals surface area contributed by atoms with Gasteiger partial charge in [-0.15, -0.1) is 0 Å². The molecule has 0 aliphatic rings. The number of carbonyl (C=O) groups is 1. The largest absolute Gasteiger partial charge is 1.00 e. The van der Waals surface area contributed by atoms with Crippen molar-refractivity contribution in [1.29, 1.82) is 0 Å². The molecule has 60 valence electrons. The predicted molar refractivity (Wildman–Crippen MR) is 43.6 cm³/mol. The van der Waals surface area contributed by atoms with Crippen molar-refractivity contribution in [2.75, 3.05) is 7.11 Å². The second-order valence-electron chi connectivity index (χ2n) is 2.36. The maximum Gasteiger partial charge on any atom is 0.337 e. The van der Waals surface area contributed by atoms with Crippen LogP contribution in [0.3, 0.4) is 0 Å². The summed E-state index contributed by atoms with van der Waals surface area (Å²) in [5.41, 5.74) is 1.73. The zero-order valence-electron chi connectivity index (χ0n) is 7.63. The first-order valence-corrected chi connectivity index (χ1v) is 3.39. The first-order chi connectivity index (χ1) is 5.24. The van der Waals surface area contributed by atoms with Crippen LogP contribution >= 0.6 is 0 Å². The van der Waals surface area contributed by atoms with Gasteiger partial charge in [-0.1, -0.05) is 17.7 Å². The summed E-state index contributed by atoms with van der Waals surface area (Å²) in [6.45, 7) is 1.97. The van der Waals surface area contributed by atoms with Gasteiger partial charge in [0.2, 0.25) is 0 Å². The van der Waals surface area contributed by atoms with E-state index in [0.29, 0.717) is 5.56 Å². The van der Waals surface area contributed by atoms with Crippen LogP contribution in [-0.4, -0.2) is 13.1 Å². The standard InChI is InChI=1S/C9H10O2.H/c1-7-3-5-8(6-4-7)9(10)11-2;/h3-6H,1-2H3;/q;-1/i;1+2. The molecule has 1 rings (SSSR count). The number of methoxy groups -OCH3 is 1. The van der Waals surface area contributed by atoms with Crippen molar-refractivity contribution in [3.63, 3.8) is 0 Å². The molecular weight excluding hydrogens is 140 g/mol. The fourth-order valence-corrected chi connectivity index (χ4v) is 0.807. The molecule has 11 heavy (non-hydrogen) atoms. The topological polar surface area (TPSA) is 26.3 Å². The third-order valence-corrected chi connectivity index (χ3v) is 1.47. The number of carbonyl (C=O) groups excluding carboxylic acids is 1. The van der Waals surface area contributed by atoms with Gasteiger partial charge in [-0.05, 0) is 19.1 Å². The molecule has 0 spiro atoms. The van der Waals surface area contributed by atoms with Crippen molar-refractivity contribution in [3.8, 4) is 0 Å². The fraction of sp³-hybridized carbons (Fsp3) is 0.222. The summed E-state index contributed by atoms with van der Waals surface area (Å²) in [4.78, 5) is 10.9.